The van der Waals surface area contributed by atoms with E-state index >= 15 is 0 Å². The lowest BCUT2D eigenvalue weighted by molar-refractivity contribution is -0.357. The van der Waals surface area contributed by atoms with Crippen LogP contribution in [0.15, 0.2) is 11.6 Å². The number of esters is 2. The molecule has 8 aliphatic rings. The van der Waals surface area contributed by atoms with Crippen molar-refractivity contribution in [2.75, 3.05) is 33.5 Å². The first-order valence-electron chi connectivity index (χ1n) is 24.0. The molecule has 8 rings (SSSR count). The van der Waals surface area contributed by atoms with Crippen LogP contribution in [-0.2, 0) is 42.7 Å². The second-order valence-electron chi connectivity index (χ2n) is 22.5. The Hall–Kier alpha value is -1.96. The van der Waals surface area contributed by atoms with Crippen molar-refractivity contribution in [3.8, 4) is 0 Å². The number of carbonyl (C=O) groups is 2. The number of hydrogen-bond acceptors (Lipinski definition) is 20. The Morgan fingerprint density at radius 1 is 0.687 bits per heavy atom. The Morgan fingerprint density at radius 2 is 1.34 bits per heavy atom. The summed E-state index contributed by atoms with van der Waals surface area (Å²) in [6.07, 6.45) is -16.2. The Labute approximate surface area is 390 Å². The molecule has 4 saturated carbocycles. The molecule has 20 heteroatoms. The van der Waals surface area contributed by atoms with E-state index < -0.39 is 143 Å². The molecule has 0 aromatic carbocycles. The summed E-state index contributed by atoms with van der Waals surface area (Å²) in [7, 11) is 1.35. The van der Waals surface area contributed by atoms with E-state index in [0.717, 1.165) is 5.57 Å². The second-order valence-corrected chi connectivity index (χ2v) is 22.5. The minimum absolute atomic E-state index is 0.0404. The van der Waals surface area contributed by atoms with Gasteiger partial charge in [0, 0.05) is 5.41 Å². The highest BCUT2D eigenvalue weighted by atomic mass is 16.7. The molecule has 0 spiro atoms. The molecule has 24 atom stereocenters. The van der Waals surface area contributed by atoms with Crippen molar-refractivity contribution in [3.05, 3.63) is 11.6 Å². The molecule has 11 N–H and O–H groups in total. The van der Waals surface area contributed by atoms with E-state index in [-0.39, 0.29) is 44.0 Å². The van der Waals surface area contributed by atoms with E-state index in [9.17, 15) is 65.8 Å². The van der Waals surface area contributed by atoms with Gasteiger partial charge in [-0.1, -0.05) is 39.3 Å². The molecular weight excluding hydrogens is 884 g/mol. The van der Waals surface area contributed by atoms with Crippen molar-refractivity contribution >= 4 is 11.9 Å². The summed E-state index contributed by atoms with van der Waals surface area (Å²) in [4.78, 5) is 28.1. The third kappa shape index (κ3) is 7.86. The lowest BCUT2D eigenvalue weighted by atomic mass is 9.33. The molecule has 0 aromatic heterocycles. The van der Waals surface area contributed by atoms with E-state index in [1.54, 1.807) is 0 Å². The lowest BCUT2D eigenvalue weighted by Crippen LogP contribution is -2.69. The highest BCUT2D eigenvalue weighted by molar-refractivity contribution is 5.81. The van der Waals surface area contributed by atoms with Crippen molar-refractivity contribution < 1.29 is 98.9 Å². The summed E-state index contributed by atoms with van der Waals surface area (Å²) < 4.78 is 40.1. The van der Waals surface area contributed by atoms with Crippen molar-refractivity contribution in [3.63, 3.8) is 0 Å². The fourth-order valence-corrected chi connectivity index (χ4v) is 14.9. The van der Waals surface area contributed by atoms with Gasteiger partial charge in [0.05, 0.1) is 56.6 Å². The molecule has 382 valence electrons. The second kappa shape index (κ2) is 18.3. The van der Waals surface area contributed by atoms with E-state index in [1.165, 1.54) is 7.11 Å². The maximum absolute atomic E-state index is 14.6. The molecule has 0 bridgehead atoms. The molecule has 0 radical (unpaired) electrons. The first-order valence-corrected chi connectivity index (χ1v) is 24.0. The maximum atomic E-state index is 14.6. The van der Waals surface area contributed by atoms with Gasteiger partial charge in [-0.2, -0.15) is 0 Å². The zero-order valence-electron chi connectivity index (χ0n) is 39.3. The van der Waals surface area contributed by atoms with Crippen LogP contribution < -0.4 is 0 Å². The SMILES string of the molecule is COC(=O)C1(C)CCC2(C(=O)OC3OCC(O)C(O)C3O)CCC3(C)C(=CCC4C5(C)CC(O)C(OC6OCC(OC7OC(CO)C(O)C(O)C7O)C(O)C6O)C(C)(CO)C5CCC43C)C2C1. The monoisotopic (exact) mass is 958 g/mol. The largest absolute Gasteiger partial charge is 0.469 e. The van der Waals surface area contributed by atoms with Crippen molar-refractivity contribution in [1.82, 2.24) is 0 Å². The van der Waals surface area contributed by atoms with Crippen LogP contribution in [0.4, 0.5) is 0 Å². The van der Waals surface area contributed by atoms with Crippen LogP contribution in [0.5, 0.6) is 0 Å². The minimum Gasteiger partial charge on any atom is -0.469 e. The van der Waals surface area contributed by atoms with Gasteiger partial charge < -0.3 is 89.3 Å². The first kappa shape index (κ1) is 51.4. The van der Waals surface area contributed by atoms with Gasteiger partial charge in [0.2, 0.25) is 6.29 Å². The van der Waals surface area contributed by atoms with Crippen LogP contribution in [-0.4, -0.2) is 194 Å². The molecular formula is C47H74O20. The molecule has 20 nitrogen and oxygen atoms in total. The predicted octanol–water partition coefficient (Wildman–Crippen LogP) is -1.48. The number of rotatable bonds is 9. The molecule has 67 heavy (non-hydrogen) atoms. The first-order chi connectivity index (χ1) is 31.4. The van der Waals surface area contributed by atoms with Crippen LogP contribution in [0.1, 0.15) is 92.4 Å². The van der Waals surface area contributed by atoms with E-state index in [4.69, 9.17) is 33.2 Å². The number of hydrogen-bond donors (Lipinski definition) is 11. The number of methoxy groups -OCH3 is 1. The van der Waals surface area contributed by atoms with E-state index in [1.807, 2.05) is 13.8 Å². The van der Waals surface area contributed by atoms with Crippen LogP contribution in [0.25, 0.3) is 0 Å². The van der Waals surface area contributed by atoms with Gasteiger partial charge in [0.15, 0.2) is 12.6 Å². The van der Waals surface area contributed by atoms with E-state index in [2.05, 4.69) is 26.8 Å². The maximum Gasteiger partial charge on any atom is 0.315 e. The van der Waals surface area contributed by atoms with Crippen molar-refractivity contribution in [2.45, 2.75) is 185 Å². The predicted molar refractivity (Wildman–Crippen MR) is 227 cm³/mol. The van der Waals surface area contributed by atoms with Gasteiger partial charge >= 0.3 is 11.9 Å². The Bertz CT molecular complexity index is 1870. The van der Waals surface area contributed by atoms with Crippen molar-refractivity contribution in [1.29, 1.82) is 0 Å². The van der Waals surface area contributed by atoms with Gasteiger partial charge in [-0.05, 0) is 98.7 Å². The lowest BCUT2D eigenvalue weighted by Gasteiger charge is -2.71. The molecule has 3 aliphatic heterocycles. The number of fused-ring (bicyclic) bond motifs is 7. The highest BCUT2D eigenvalue weighted by Gasteiger charge is 2.72. The Balaban J connectivity index is 1.03. The van der Waals surface area contributed by atoms with E-state index in [0.29, 0.717) is 51.4 Å². The summed E-state index contributed by atoms with van der Waals surface area (Å²) in [6, 6.07) is 0. The van der Waals surface area contributed by atoms with Gasteiger partial charge in [0.1, 0.15) is 61.0 Å². The van der Waals surface area contributed by atoms with Crippen LogP contribution >= 0.6 is 0 Å². The normalized spacial score (nSPS) is 54.3. The summed E-state index contributed by atoms with van der Waals surface area (Å²) >= 11 is 0. The summed E-state index contributed by atoms with van der Waals surface area (Å²) in [5.41, 5.74) is -3.54. The van der Waals surface area contributed by atoms with Crippen LogP contribution in [0.3, 0.4) is 0 Å². The summed E-state index contributed by atoms with van der Waals surface area (Å²) in [5, 5.41) is 118. The number of aliphatic hydroxyl groups excluding tert-OH is 11. The van der Waals surface area contributed by atoms with Gasteiger partial charge in [-0.15, -0.1) is 0 Å². The third-order valence-electron chi connectivity index (χ3n) is 19.1. The number of ether oxygens (including phenoxy) is 7. The molecule has 0 amide bonds. The topological polar surface area (TPSA) is 321 Å². The average Bonchev–Trinajstić information content (AvgIpc) is 3.29. The molecule has 7 fully saturated rings. The summed E-state index contributed by atoms with van der Waals surface area (Å²) in [6.45, 7) is 8.59. The zero-order chi connectivity index (χ0) is 49.0. The molecule has 3 heterocycles. The number of allylic oxidation sites excluding steroid dienone is 2. The Morgan fingerprint density at radius 3 is 2.01 bits per heavy atom. The number of aliphatic hydroxyl groups is 11. The smallest absolute Gasteiger partial charge is 0.315 e. The number of carbonyl (C=O) groups excluding carboxylic acids is 2. The minimum atomic E-state index is -1.75. The standard InChI is InChI=1S/C47H74O20/c1-42(40(59)61-6)11-13-47(41(60)67-38-33(56)29(52)24(51)18-62-38)14-12-45(4)21(22(47)15-42)7-8-28-43(2)16-23(50)36(44(3,20-49)27(43)9-10-46(28,45)5)66-37-34(57)31(54)26(19-63-37)65-39-35(58)32(55)30(53)25(17-48)64-39/h7,22-39,48-58H,8-20H2,1-6H3. The summed E-state index contributed by atoms with van der Waals surface area (Å²) in [5.74, 6) is -1.70. The average molecular weight is 959 g/mol. The van der Waals surface area contributed by atoms with Crippen molar-refractivity contribution in [2.24, 2.45) is 50.2 Å². The van der Waals surface area contributed by atoms with Gasteiger partial charge in [-0.25, -0.2) is 0 Å². The zero-order valence-corrected chi connectivity index (χ0v) is 39.3. The molecule has 5 aliphatic carbocycles. The molecule has 0 aromatic rings. The fraction of sp³-hybridized carbons (Fsp3) is 0.915. The van der Waals surface area contributed by atoms with Gasteiger partial charge in [-0.3, -0.25) is 9.59 Å². The molecule has 24 unspecified atom stereocenters. The highest BCUT2D eigenvalue weighted by Crippen LogP contribution is 2.76. The van der Waals surface area contributed by atoms with Crippen LogP contribution in [0.2, 0.25) is 0 Å². The fourth-order valence-electron chi connectivity index (χ4n) is 14.9. The quantitative estimate of drug-likeness (QED) is 0.0713. The Kier molecular flexibility index (Phi) is 14.0. The van der Waals surface area contributed by atoms with Crippen LogP contribution in [0, 0.1) is 50.2 Å². The van der Waals surface area contributed by atoms with Gasteiger partial charge in [0.25, 0.3) is 0 Å². The third-order valence-corrected chi connectivity index (χ3v) is 19.1. The molecule has 3 saturated heterocycles.